The molecule has 8 nitrogen and oxygen atoms in total. The number of nitrogens with zero attached hydrogens (tertiary/aromatic N) is 7. The van der Waals surface area contributed by atoms with Gasteiger partial charge in [0.15, 0.2) is 5.65 Å². The van der Waals surface area contributed by atoms with E-state index in [-0.39, 0.29) is 35.5 Å². The number of aromatic nitrogens is 6. The van der Waals surface area contributed by atoms with Crippen LogP contribution in [0.15, 0.2) is 30.6 Å². The van der Waals surface area contributed by atoms with Crippen LogP contribution in [0, 0.1) is 31.4 Å². The van der Waals surface area contributed by atoms with Gasteiger partial charge in [-0.3, -0.25) is 0 Å². The molecule has 0 unspecified atom stereocenters. The topological polar surface area (TPSA) is 81.9 Å². The highest BCUT2D eigenvalue weighted by Gasteiger charge is 2.40. The first-order valence-electron chi connectivity index (χ1n) is 12.0. The first-order chi connectivity index (χ1) is 17.8. The summed E-state index contributed by atoms with van der Waals surface area (Å²) >= 11 is 0. The third kappa shape index (κ3) is 4.50. The van der Waals surface area contributed by atoms with Gasteiger partial charge in [-0.25, -0.2) is 28.4 Å². The van der Waals surface area contributed by atoms with Crippen LogP contribution >= 0.6 is 0 Å². The zero-order valence-corrected chi connectivity index (χ0v) is 20.1. The highest BCUT2D eigenvalue weighted by molar-refractivity contribution is 5.88. The van der Waals surface area contributed by atoms with Crippen LogP contribution in [0.5, 0.6) is 0 Å². The van der Waals surface area contributed by atoms with Crippen molar-refractivity contribution in [3.05, 3.63) is 59.2 Å². The van der Waals surface area contributed by atoms with Crippen LogP contribution in [0.2, 0.25) is 0 Å². The lowest BCUT2D eigenvalue weighted by atomic mass is 10.1. The fraction of sp³-hybridized carbons (Fsp3) is 0.400. The van der Waals surface area contributed by atoms with Gasteiger partial charge in [0.2, 0.25) is 5.95 Å². The summed E-state index contributed by atoms with van der Waals surface area (Å²) in [4.78, 5) is 20.4. The van der Waals surface area contributed by atoms with Gasteiger partial charge in [0.05, 0.1) is 30.2 Å². The van der Waals surface area contributed by atoms with Crippen molar-refractivity contribution in [3.63, 3.8) is 0 Å². The maximum atomic E-state index is 14.9. The summed E-state index contributed by atoms with van der Waals surface area (Å²) in [6, 6.07) is 3.28. The monoisotopic (exact) mass is 513 g/mol. The lowest BCUT2D eigenvalue weighted by molar-refractivity contribution is -0.0391. The van der Waals surface area contributed by atoms with E-state index in [0.29, 0.717) is 39.6 Å². The molecule has 1 aliphatic carbocycles. The molecule has 0 bridgehead atoms. The molecule has 0 amide bonds. The van der Waals surface area contributed by atoms with Crippen molar-refractivity contribution in [2.24, 2.45) is 5.92 Å². The van der Waals surface area contributed by atoms with Gasteiger partial charge in [0.25, 0.3) is 0 Å². The predicted octanol–water partition coefficient (Wildman–Crippen LogP) is 4.93. The summed E-state index contributed by atoms with van der Waals surface area (Å²) in [5.74, 6) is -0.856. The Morgan fingerprint density at radius 2 is 1.78 bits per heavy atom. The fourth-order valence-electron chi connectivity index (χ4n) is 4.60. The lowest BCUT2D eigenvalue weighted by Crippen LogP contribution is -2.45. The molecule has 1 aromatic carbocycles. The number of aryl methyl sites for hydroxylation is 2. The fourth-order valence-corrected chi connectivity index (χ4v) is 4.60. The molecule has 6 rings (SSSR count). The summed E-state index contributed by atoms with van der Waals surface area (Å²) in [6.07, 6.45) is 3.98. The molecule has 2 aliphatic rings. The van der Waals surface area contributed by atoms with Gasteiger partial charge in [0, 0.05) is 29.9 Å². The van der Waals surface area contributed by atoms with Crippen molar-refractivity contribution in [1.29, 1.82) is 0 Å². The minimum absolute atomic E-state index is 0.0781. The third-order valence-corrected chi connectivity index (χ3v) is 6.87. The second kappa shape index (κ2) is 9.02. The molecule has 12 heteroatoms. The number of anilines is 1. The quantitative estimate of drug-likeness (QED) is 0.350. The van der Waals surface area contributed by atoms with Crippen LogP contribution < -0.4 is 4.90 Å². The zero-order valence-electron chi connectivity index (χ0n) is 20.1. The average Bonchev–Trinajstić information content (AvgIpc) is 3.60. The van der Waals surface area contributed by atoms with E-state index in [0.717, 1.165) is 25.0 Å². The highest BCUT2D eigenvalue weighted by Crippen LogP contribution is 2.40. The number of rotatable bonds is 5. The van der Waals surface area contributed by atoms with Crippen LogP contribution in [0.4, 0.5) is 23.5 Å². The lowest BCUT2D eigenvalue weighted by Gasteiger charge is -2.38. The molecule has 1 saturated carbocycles. The SMILES string of the molecule is Cc1nc2nc(N3C[C@@H](C4CC4)O[C@@H](c4cnn(C(F)F)c4)C3)nc(-c3ccc(F)cc3F)c2nc1C. The van der Waals surface area contributed by atoms with Gasteiger partial charge in [-0.05, 0) is 44.7 Å². The number of hydrogen-bond acceptors (Lipinski definition) is 7. The molecule has 3 aromatic heterocycles. The second-order valence-corrected chi connectivity index (χ2v) is 9.50. The van der Waals surface area contributed by atoms with Gasteiger partial charge in [-0.2, -0.15) is 18.9 Å². The van der Waals surface area contributed by atoms with E-state index in [4.69, 9.17) is 4.74 Å². The van der Waals surface area contributed by atoms with Crippen molar-refractivity contribution in [1.82, 2.24) is 29.7 Å². The standard InChI is InChI=1S/C25H23F4N7O/c1-12-13(2)32-23-22(31-12)21(17-6-5-16(26)7-18(17)27)33-25(34-23)35-10-19(14-3-4-14)37-20(11-35)15-8-30-36(9-15)24(28)29/h5-9,14,19-20,24H,3-4,10-11H2,1-2H3/t19-,20+/m0/s1. The normalized spacial score (nSPS) is 20.2. The number of alkyl halides is 2. The molecule has 37 heavy (non-hydrogen) atoms. The molecule has 4 aromatic rings. The summed E-state index contributed by atoms with van der Waals surface area (Å²) in [5.41, 5.74) is 2.69. The Bertz CT molecular complexity index is 1490. The second-order valence-electron chi connectivity index (χ2n) is 9.50. The third-order valence-electron chi connectivity index (χ3n) is 6.87. The van der Waals surface area contributed by atoms with Crippen LogP contribution in [0.25, 0.3) is 22.4 Å². The number of hydrogen-bond donors (Lipinski definition) is 0. The molecule has 0 spiro atoms. The largest absolute Gasteiger partial charge is 0.366 e. The molecular weight excluding hydrogens is 490 g/mol. The Labute approximate surface area is 209 Å². The van der Waals surface area contributed by atoms with E-state index in [9.17, 15) is 17.6 Å². The van der Waals surface area contributed by atoms with Crippen molar-refractivity contribution in [2.75, 3.05) is 18.0 Å². The molecule has 192 valence electrons. The van der Waals surface area contributed by atoms with Crippen LogP contribution in [-0.2, 0) is 4.74 Å². The first kappa shape index (κ1) is 23.7. The Balaban J connectivity index is 1.45. The number of fused-ring (bicyclic) bond motifs is 1. The Hall–Kier alpha value is -3.67. The maximum absolute atomic E-state index is 14.9. The van der Waals surface area contributed by atoms with Crippen LogP contribution in [0.1, 0.15) is 42.4 Å². The molecule has 2 atom stereocenters. The summed E-state index contributed by atoms with van der Waals surface area (Å²) in [6.45, 7) is 1.57. The van der Waals surface area contributed by atoms with Gasteiger partial charge in [-0.1, -0.05) is 0 Å². The van der Waals surface area contributed by atoms with Crippen molar-refractivity contribution in [2.45, 2.75) is 45.4 Å². The number of halogens is 4. The van der Waals surface area contributed by atoms with Crippen LogP contribution in [-0.4, -0.2) is 48.9 Å². The number of ether oxygens (including phenoxy) is 1. The van der Waals surface area contributed by atoms with E-state index in [1.807, 2.05) is 4.90 Å². The molecule has 1 aliphatic heterocycles. The van der Waals surface area contributed by atoms with E-state index < -0.39 is 24.3 Å². The molecule has 2 fully saturated rings. The minimum atomic E-state index is -2.75. The molecule has 0 radical (unpaired) electrons. The number of benzene rings is 1. The van der Waals surface area contributed by atoms with Crippen molar-refractivity contribution >= 4 is 17.1 Å². The molecular formula is C25H23F4N7O. The smallest absolute Gasteiger partial charge is 0.333 e. The van der Waals surface area contributed by atoms with E-state index >= 15 is 0 Å². The maximum Gasteiger partial charge on any atom is 0.333 e. The van der Waals surface area contributed by atoms with Gasteiger partial charge in [0.1, 0.15) is 28.9 Å². The zero-order chi connectivity index (χ0) is 25.8. The van der Waals surface area contributed by atoms with E-state index in [1.54, 1.807) is 13.8 Å². The molecule has 0 N–H and O–H groups in total. The predicted molar refractivity (Wildman–Crippen MR) is 126 cm³/mol. The Morgan fingerprint density at radius 1 is 1.00 bits per heavy atom. The first-order valence-corrected chi connectivity index (χ1v) is 12.0. The van der Waals surface area contributed by atoms with Crippen LogP contribution in [0.3, 0.4) is 0 Å². The summed E-state index contributed by atoms with van der Waals surface area (Å²) < 4.78 is 61.7. The number of morpholine rings is 1. The summed E-state index contributed by atoms with van der Waals surface area (Å²) in [7, 11) is 0. The minimum Gasteiger partial charge on any atom is -0.366 e. The van der Waals surface area contributed by atoms with Crippen molar-refractivity contribution in [3.8, 4) is 11.3 Å². The Morgan fingerprint density at radius 3 is 2.49 bits per heavy atom. The van der Waals surface area contributed by atoms with Gasteiger partial charge in [-0.15, -0.1) is 0 Å². The van der Waals surface area contributed by atoms with E-state index in [1.165, 1.54) is 18.5 Å². The van der Waals surface area contributed by atoms with Gasteiger partial charge >= 0.3 is 6.55 Å². The van der Waals surface area contributed by atoms with Gasteiger partial charge < -0.3 is 9.64 Å². The molecule has 1 saturated heterocycles. The highest BCUT2D eigenvalue weighted by atomic mass is 19.3. The Kier molecular flexibility index (Phi) is 5.78. The average molecular weight is 513 g/mol. The van der Waals surface area contributed by atoms with Crippen molar-refractivity contribution < 1.29 is 22.3 Å². The summed E-state index contributed by atoms with van der Waals surface area (Å²) in [5, 5.41) is 3.75. The molecule has 4 heterocycles. The van der Waals surface area contributed by atoms with E-state index in [2.05, 4.69) is 25.0 Å².